The van der Waals surface area contributed by atoms with Crippen molar-refractivity contribution >= 4 is 41.1 Å². The number of amides is 3. The number of hydrogen-bond acceptors (Lipinski definition) is 8. The molecule has 0 aromatic heterocycles. The maximum absolute atomic E-state index is 13.3. The second-order valence-electron chi connectivity index (χ2n) is 10.3. The molecule has 3 atom stereocenters. The number of nitrogens with one attached hydrogen (secondary N) is 3. The fourth-order valence-corrected chi connectivity index (χ4v) is 4.02. The zero-order valence-electron chi connectivity index (χ0n) is 26.5. The van der Waals surface area contributed by atoms with Crippen molar-refractivity contribution in [3.63, 3.8) is 0 Å². The number of benzene rings is 2. The van der Waals surface area contributed by atoms with Crippen LogP contribution in [0.15, 0.2) is 59.6 Å². The molecule has 0 aliphatic carbocycles. The van der Waals surface area contributed by atoms with Crippen LogP contribution in [0.5, 0.6) is 0 Å². The molecule has 0 aliphatic heterocycles. The van der Waals surface area contributed by atoms with Crippen molar-refractivity contribution in [3.8, 4) is 0 Å². The summed E-state index contributed by atoms with van der Waals surface area (Å²) in [6, 6.07) is 13.5. The molecule has 2 aromatic rings. The van der Waals surface area contributed by atoms with Crippen LogP contribution >= 0.6 is 11.6 Å². The normalized spacial score (nSPS) is 12.9. The summed E-state index contributed by atoms with van der Waals surface area (Å²) in [4.78, 5) is 54.0. The number of amidine groups is 1. The molecule has 254 valence electrons. The van der Waals surface area contributed by atoms with Gasteiger partial charge in [-0.2, -0.15) is 0 Å². The highest BCUT2D eigenvalue weighted by Crippen LogP contribution is 2.12. The number of halogens is 1. The molecule has 46 heavy (non-hydrogen) atoms. The lowest BCUT2D eigenvalue weighted by Crippen LogP contribution is -2.56. The van der Waals surface area contributed by atoms with Gasteiger partial charge in [0.25, 0.3) is 5.91 Å². The molecular formula is C32H48ClN7O6. The zero-order valence-corrected chi connectivity index (χ0v) is 27.3. The molecule has 3 amide bonds. The van der Waals surface area contributed by atoms with E-state index in [1.54, 1.807) is 24.3 Å². The molecule has 13 nitrogen and oxygen atoms in total. The van der Waals surface area contributed by atoms with Crippen LogP contribution in [0.1, 0.15) is 57.1 Å². The number of aliphatic carboxylic acids is 1. The second kappa shape index (κ2) is 23.3. The minimum Gasteiger partial charge on any atom is -0.480 e. The molecule has 0 aliphatic rings. The van der Waals surface area contributed by atoms with Crippen LogP contribution in [0.3, 0.4) is 0 Å². The first-order valence-electron chi connectivity index (χ1n) is 15.2. The molecule has 0 radical (unpaired) electrons. The van der Waals surface area contributed by atoms with Crippen LogP contribution < -0.4 is 33.2 Å². The Morgan fingerprint density at radius 1 is 0.891 bits per heavy atom. The Balaban J connectivity index is 0.00000135. The SMILES string of the molecule is CC(NC(=O)C(Cc1ccc(Cl)cc1)NC(=O)[C@@H](NC(=O)CCCCCCN)OCc1ccccc1)C(=O)O.CCN=C(N)CN. The van der Waals surface area contributed by atoms with Gasteiger partial charge in [-0.1, -0.05) is 66.9 Å². The summed E-state index contributed by atoms with van der Waals surface area (Å²) < 4.78 is 5.77. The highest BCUT2D eigenvalue weighted by molar-refractivity contribution is 6.30. The van der Waals surface area contributed by atoms with Gasteiger partial charge in [0, 0.05) is 24.4 Å². The van der Waals surface area contributed by atoms with Gasteiger partial charge in [-0.25, -0.2) is 0 Å². The predicted octanol–water partition coefficient (Wildman–Crippen LogP) is 1.85. The van der Waals surface area contributed by atoms with Crippen molar-refractivity contribution in [1.29, 1.82) is 0 Å². The van der Waals surface area contributed by atoms with Gasteiger partial charge < -0.3 is 43.0 Å². The first kappa shape index (κ1) is 40.0. The molecule has 14 heteroatoms. The molecule has 0 saturated carbocycles. The Morgan fingerprint density at radius 3 is 2.11 bits per heavy atom. The minimum absolute atomic E-state index is 0.0415. The lowest BCUT2D eigenvalue weighted by atomic mass is 10.0. The number of hydrogen-bond donors (Lipinski definition) is 7. The topological polar surface area (TPSA) is 224 Å². The van der Waals surface area contributed by atoms with Crippen molar-refractivity contribution in [2.24, 2.45) is 22.2 Å². The number of nitrogens with two attached hydrogens (primary N) is 3. The summed E-state index contributed by atoms with van der Waals surface area (Å²) in [6.07, 6.45) is 2.14. The number of aliphatic imine (C=N–C) groups is 1. The summed E-state index contributed by atoms with van der Waals surface area (Å²) in [5, 5.41) is 17.3. The highest BCUT2D eigenvalue weighted by atomic mass is 35.5. The number of carbonyl (C=O) groups excluding carboxylic acids is 3. The van der Waals surface area contributed by atoms with E-state index in [-0.39, 0.29) is 25.4 Å². The monoisotopic (exact) mass is 661 g/mol. The van der Waals surface area contributed by atoms with Crippen molar-refractivity contribution in [2.75, 3.05) is 19.6 Å². The number of carbonyl (C=O) groups is 4. The van der Waals surface area contributed by atoms with Crippen LogP contribution in [0.25, 0.3) is 0 Å². The van der Waals surface area contributed by atoms with Gasteiger partial charge in [0.1, 0.15) is 17.9 Å². The number of ether oxygens (including phenoxy) is 1. The van der Waals surface area contributed by atoms with E-state index in [1.165, 1.54) is 6.92 Å². The van der Waals surface area contributed by atoms with E-state index in [1.807, 2.05) is 37.3 Å². The molecule has 0 bridgehead atoms. The Labute approximate surface area is 275 Å². The van der Waals surface area contributed by atoms with Crippen LogP contribution in [0, 0.1) is 0 Å². The highest BCUT2D eigenvalue weighted by Gasteiger charge is 2.29. The zero-order chi connectivity index (χ0) is 34.3. The Bertz CT molecular complexity index is 1230. The molecule has 0 saturated heterocycles. The first-order valence-corrected chi connectivity index (χ1v) is 15.6. The van der Waals surface area contributed by atoms with E-state index in [9.17, 15) is 24.3 Å². The van der Waals surface area contributed by atoms with E-state index in [4.69, 9.17) is 33.5 Å². The molecule has 0 fully saturated rings. The third-order valence-corrected chi connectivity index (χ3v) is 6.69. The third kappa shape index (κ3) is 17.4. The Hall–Kier alpha value is -4.04. The standard InChI is InChI=1S/C28H37ClN4O6.C4H11N3/c1-19(28(37)38)31-25(35)23(17-20-12-14-22(29)15-13-20)32-26(36)27(39-18-21-9-5-4-6-10-21)33-24(34)11-7-2-3-8-16-30;1-2-7-4(6)3-5/h4-6,9-10,12-15,19,23,27H,2-3,7-8,11,16-18,30H2,1H3,(H,31,35)(H,32,36)(H,33,34)(H,37,38);2-3,5H2,1H3,(H2,6,7)/t19?,23?,27-;/m0./s1. The summed E-state index contributed by atoms with van der Waals surface area (Å²) >= 11 is 5.96. The quantitative estimate of drug-likeness (QED) is 0.0504. The van der Waals surface area contributed by atoms with E-state index >= 15 is 0 Å². The molecule has 2 aromatic carbocycles. The van der Waals surface area contributed by atoms with Crippen LogP contribution in [-0.4, -0.2) is 72.6 Å². The van der Waals surface area contributed by atoms with Crippen LogP contribution in [0.2, 0.25) is 5.02 Å². The molecule has 2 rings (SSSR count). The molecule has 0 heterocycles. The van der Waals surface area contributed by atoms with Crippen molar-refractivity contribution in [1.82, 2.24) is 16.0 Å². The van der Waals surface area contributed by atoms with Gasteiger partial charge in [0.15, 0.2) is 0 Å². The molecule has 2 unspecified atom stereocenters. The smallest absolute Gasteiger partial charge is 0.325 e. The predicted molar refractivity (Wildman–Crippen MR) is 179 cm³/mol. The van der Waals surface area contributed by atoms with E-state index in [2.05, 4.69) is 20.9 Å². The van der Waals surface area contributed by atoms with Gasteiger partial charge in [-0.15, -0.1) is 0 Å². The van der Waals surface area contributed by atoms with Gasteiger partial charge >= 0.3 is 5.97 Å². The van der Waals surface area contributed by atoms with E-state index < -0.39 is 36.1 Å². The molecular weight excluding hydrogens is 614 g/mol. The Kier molecular flexibility index (Phi) is 20.3. The van der Waals surface area contributed by atoms with E-state index in [0.29, 0.717) is 35.9 Å². The van der Waals surface area contributed by atoms with Gasteiger partial charge in [-0.05, 0) is 56.5 Å². The number of rotatable bonds is 19. The first-order chi connectivity index (χ1) is 22.0. The number of nitrogens with zero attached hydrogens (tertiary/aromatic N) is 1. The Morgan fingerprint density at radius 2 is 1.54 bits per heavy atom. The van der Waals surface area contributed by atoms with Gasteiger partial charge in [0.05, 0.1) is 13.2 Å². The van der Waals surface area contributed by atoms with Crippen molar-refractivity contribution in [2.45, 2.75) is 77.3 Å². The lowest BCUT2D eigenvalue weighted by molar-refractivity contribution is -0.144. The summed E-state index contributed by atoms with van der Waals surface area (Å²) in [7, 11) is 0. The summed E-state index contributed by atoms with van der Waals surface area (Å²) in [6.45, 7) is 4.97. The van der Waals surface area contributed by atoms with Gasteiger partial charge in [0.2, 0.25) is 18.0 Å². The summed E-state index contributed by atoms with van der Waals surface area (Å²) in [5.74, 6) is -2.49. The number of unbranched alkanes of at least 4 members (excludes halogenated alkanes) is 3. The van der Waals surface area contributed by atoms with Crippen molar-refractivity contribution in [3.05, 3.63) is 70.7 Å². The second-order valence-corrected chi connectivity index (χ2v) is 10.8. The molecule has 0 spiro atoms. The number of carboxylic acid groups (broad SMARTS) is 1. The number of carboxylic acids is 1. The fraction of sp³-hybridized carbons (Fsp3) is 0.469. The summed E-state index contributed by atoms with van der Waals surface area (Å²) in [5.41, 5.74) is 17.3. The molecule has 10 N–H and O–H groups in total. The van der Waals surface area contributed by atoms with Crippen molar-refractivity contribution < 1.29 is 29.0 Å². The van der Waals surface area contributed by atoms with Gasteiger partial charge in [-0.3, -0.25) is 24.2 Å². The van der Waals surface area contributed by atoms with Crippen LogP contribution in [0.4, 0.5) is 0 Å². The average molecular weight is 662 g/mol. The lowest BCUT2D eigenvalue weighted by Gasteiger charge is -2.24. The minimum atomic E-state index is -1.38. The van der Waals surface area contributed by atoms with Crippen LogP contribution in [-0.2, 0) is 36.9 Å². The average Bonchev–Trinajstić information content (AvgIpc) is 3.04. The van der Waals surface area contributed by atoms with E-state index in [0.717, 1.165) is 31.4 Å². The fourth-order valence-electron chi connectivity index (χ4n) is 3.89. The maximum atomic E-state index is 13.3. The maximum Gasteiger partial charge on any atom is 0.325 e. The largest absolute Gasteiger partial charge is 0.480 e. The third-order valence-electron chi connectivity index (χ3n) is 6.43.